The maximum absolute atomic E-state index is 13.3. The van der Waals surface area contributed by atoms with Crippen molar-refractivity contribution in [3.8, 4) is 5.75 Å². The van der Waals surface area contributed by atoms with E-state index in [1.807, 2.05) is 0 Å². The number of halogens is 1. The summed E-state index contributed by atoms with van der Waals surface area (Å²) in [6.45, 7) is -0.491. The first kappa shape index (κ1) is 18.6. The highest BCUT2D eigenvalue weighted by Gasteiger charge is 2.18. The third-order valence-electron chi connectivity index (χ3n) is 3.69. The van der Waals surface area contributed by atoms with Gasteiger partial charge < -0.3 is 10.1 Å². The predicted molar refractivity (Wildman–Crippen MR) is 95.6 cm³/mol. The monoisotopic (exact) mass is 386 g/mol. The van der Waals surface area contributed by atoms with E-state index in [1.54, 1.807) is 0 Å². The molecule has 0 aliphatic carbocycles. The Hall–Kier alpha value is -4.15. The van der Waals surface area contributed by atoms with Gasteiger partial charge in [0.25, 0.3) is 11.6 Å². The molecule has 2 aromatic carbocycles. The third kappa shape index (κ3) is 3.82. The highest BCUT2D eigenvalue weighted by molar-refractivity contribution is 5.94. The number of pyridine rings is 1. The van der Waals surface area contributed by atoms with E-state index in [-0.39, 0.29) is 28.0 Å². The van der Waals surface area contributed by atoms with Crippen LogP contribution in [-0.4, -0.2) is 27.3 Å². The zero-order valence-corrected chi connectivity index (χ0v) is 14.0. The largest absolute Gasteiger partial charge is 0.481 e. The van der Waals surface area contributed by atoms with Crippen LogP contribution < -0.4 is 10.1 Å². The Balaban J connectivity index is 1.75. The minimum absolute atomic E-state index is 0.0217. The van der Waals surface area contributed by atoms with E-state index in [0.717, 1.165) is 12.1 Å². The Morgan fingerprint density at radius 1 is 1.11 bits per heavy atom. The molecule has 11 heteroatoms. The van der Waals surface area contributed by atoms with Gasteiger partial charge in [-0.1, -0.05) is 0 Å². The second-order valence-electron chi connectivity index (χ2n) is 5.50. The van der Waals surface area contributed by atoms with Crippen LogP contribution in [0.5, 0.6) is 5.75 Å². The van der Waals surface area contributed by atoms with E-state index >= 15 is 0 Å². The number of carbonyl (C=O) groups is 1. The number of hydrogen-bond acceptors (Lipinski definition) is 7. The van der Waals surface area contributed by atoms with Gasteiger partial charge in [-0.15, -0.1) is 0 Å². The molecule has 0 unspecified atom stereocenters. The third-order valence-corrected chi connectivity index (χ3v) is 3.69. The molecule has 10 nitrogen and oxygen atoms in total. The van der Waals surface area contributed by atoms with Crippen molar-refractivity contribution in [2.24, 2.45) is 0 Å². The molecule has 0 saturated heterocycles. The minimum Gasteiger partial charge on any atom is -0.481 e. The Labute approximate surface area is 155 Å². The molecule has 1 heterocycles. The van der Waals surface area contributed by atoms with Crippen LogP contribution in [-0.2, 0) is 4.79 Å². The minimum atomic E-state index is -1.03. The maximum Gasteiger partial charge on any atom is 0.306 e. The van der Waals surface area contributed by atoms with Crippen molar-refractivity contribution in [3.63, 3.8) is 0 Å². The normalized spacial score (nSPS) is 10.5. The van der Waals surface area contributed by atoms with Gasteiger partial charge in [0.15, 0.2) is 6.61 Å². The highest BCUT2D eigenvalue weighted by Crippen LogP contribution is 2.31. The summed E-state index contributed by atoms with van der Waals surface area (Å²) in [6, 6.07) is 8.52. The van der Waals surface area contributed by atoms with Crippen molar-refractivity contribution in [3.05, 3.63) is 74.7 Å². The summed E-state index contributed by atoms with van der Waals surface area (Å²) in [4.78, 5) is 36.5. The van der Waals surface area contributed by atoms with Crippen LogP contribution in [0.4, 0.5) is 21.5 Å². The van der Waals surface area contributed by atoms with Crippen LogP contribution in [0.2, 0.25) is 0 Å². The van der Waals surface area contributed by atoms with Gasteiger partial charge in [0.2, 0.25) is 5.82 Å². The quantitative estimate of drug-likeness (QED) is 0.507. The lowest BCUT2D eigenvalue weighted by Gasteiger charge is -2.09. The molecule has 1 aromatic heterocycles. The van der Waals surface area contributed by atoms with E-state index in [9.17, 15) is 29.4 Å². The molecule has 0 aliphatic rings. The molecule has 0 atom stereocenters. The zero-order valence-electron chi connectivity index (χ0n) is 14.0. The zero-order chi connectivity index (χ0) is 20.3. The first-order chi connectivity index (χ1) is 13.4. The lowest BCUT2D eigenvalue weighted by molar-refractivity contribution is -0.387. The average molecular weight is 386 g/mol. The van der Waals surface area contributed by atoms with Gasteiger partial charge in [-0.05, 0) is 30.3 Å². The lowest BCUT2D eigenvalue weighted by Crippen LogP contribution is -2.20. The van der Waals surface area contributed by atoms with Crippen LogP contribution >= 0.6 is 0 Å². The van der Waals surface area contributed by atoms with Gasteiger partial charge >= 0.3 is 5.69 Å². The number of non-ortho nitro benzene ring substituents is 1. The summed E-state index contributed by atoms with van der Waals surface area (Å²) in [5, 5.41) is 24.4. The van der Waals surface area contributed by atoms with E-state index in [2.05, 4.69) is 10.3 Å². The molecule has 0 radical (unpaired) electrons. The van der Waals surface area contributed by atoms with Gasteiger partial charge in [-0.3, -0.25) is 30.0 Å². The fourth-order valence-corrected chi connectivity index (χ4v) is 2.48. The molecule has 28 heavy (non-hydrogen) atoms. The summed E-state index contributed by atoms with van der Waals surface area (Å²) in [6.07, 6.45) is 1.43. The maximum atomic E-state index is 13.3. The molecular weight excluding hydrogens is 375 g/mol. The molecule has 1 N–H and O–H groups in total. The number of carbonyl (C=O) groups excluding carboxylic acids is 1. The van der Waals surface area contributed by atoms with Crippen molar-refractivity contribution < 1.29 is 23.8 Å². The molecule has 0 aliphatic heterocycles. The number of nitrogens with zero attached hydrogens (tertiary/aromatic N) is 3. The number of ether oxygens (including phenoxy) is 1. The summed E-state index contributed by atoms with van der Waals surface area (Å²) in [7, 11) is 0. The predicted octanol–water partition coefficient (Wildman–Crippen LogP) is 3.21. The van der Waals surface area contributed by atoms with E-state index in [4.69, 9.17) is 4.74 Å². The number of benzene rings is 2. The van der Waals surface area contributed by atoms with Gasteiger partial charge in [-0.25, -0.2) is 0 Å². The number of fused-ring (bicyclic) bond motifs is 1. The summed E-state index contributed by atoms with van der Waals surface area (Å²) >= 11 is 0. The Kier molecular flexibility index (Phi) is 5.07. The molecule has 0 saturated carbocycles. The first-order valence-electron chi connectivity index (χ1n) is 7.75. The van der Waals surface area contributed by atoms with E-state index < -0.39 is 33.9 Å². The van der Waals surface area contributed by atoms with Crippen molar-refractivity contribution in [2.45, 2.75) is 0 Å². The highest BCUT2D eigenvalue weighted by atomic mass is 19.1. The number of anilines is 1. The second kappa shape index (κ2) is 7.61. The fourth-order valence-electron chi connectivity index (χ4n) is 2.48. The number of hydrogen-bond donors (Lipinski definition) is 1. The number of nitro groups is 2. The van der Waals surface area contributed by atoms with Crippen LogP contribution in [0.1, 0.15) is 0 Å². The smallest absolute Gasteiger partial charge is 0.306 e. The summed E-state index contributed by atoms with van der Waals surface area (Å²) < 4.78 is 18.7. The van der Waals surface area contributed by atoms with Crippen LogP contribution in [0.25, 0.3) is 10.9 Å². The van der Waals surface area contributed by atoms with Gasteiger partial charge in [0.1, 0.15) is 11.3 Å². The van der Waals surface area contributed by atoms with Crippen LogP contribution in [0.3, 0.4) is 0 Å². The SMILES string of the molecule is O=C(COc1ccc([N+](=O)[O-])c2cccnc12)Nc1ccc(F)c([N+](=O)[O-])c1. The first-order valence-corrected chi connectivity index (χ1v) is 7.75. The Bertz CT molecular complexity index is 1100. The fraction of sp³-hybridized carbons (Fsp3) is 0.0588. The number of aromatic nitrogens is 1. The van der Waals surface area contributed by atoms with E-state index in [0.29, 0.717) is 0 Å². The van der Waals surface area contributed by atoms with Crippen molar-refractivity contribution in [1.82, 2.24) is 4.98 Å². The topological polar surface area (TPSA) is 138 Å². The van der Waals surface area contributed by atoms with Crippen molar-refractivity contribution in [1.29, 1.82) is 0 Å². The van der Waals surface area contributed by atoms with Crippen molar-refractivity contribution in [2.75, 3.05) is 11.9 Å². The van der Waals surface area contributed by atoms with E-state index in [1.165, 1.54) is 36.5 Å². The molecule has 3 aromatic rings. The Morgan fingerprint density at radius 3 is 2.57 bits per heavy atom. The lowest BCUT2D eigenvalue weighted by atomic mass is 10.1. The molecule has 0 spiro atoms. The van der Waals surface area contributed by atoms with Gasteiger partial charge in [-0.2, -0.15) is 4.39 Å². The molecule has 0 fully saturated rings. The molecule has 3 rings (SSSR count). The Morgan fingerprint density at radius 2 is 1.86 bits per heavy atom. The molecule has 142 valence electrons. The number of amides is 1. The second-order valence-corrected chi connectivity index (χ2v) is 5.50. The molecule has 1 amide bonds. The number of nitrogens with one attached hydrogen (secondary N) is 1. The number of rotatable bonds is 6. The van der Waals surface area contributed by atoms with Crippen LogP contribution in [0, 0.1) is 26.0 Å². The van der Waals surface area contributed by atoms with Gasteiger partial charge in [0, 0.05) is 24.0 Å². The molecular formula is C17H11FN4O6. The van der Waals surface area contributed by atoms with Crippen molar-refractivity contribution >= 4 is 33.9 Å². The summed E-state index contributed by atoms with van der Waals surface area (Å²) in [5.74, 6) is -1.53. The number of nitro benzene ring substituents is 2. The standard InChI is InChI=1S/C17H11FN4O6/c18-12-4-3-10(8-14(12)22(26)27)20-16(23)9-28-15-6-5-13(21(24)25)11-2-1-7-19-17(11)15/h1-8H,9H2,(H,20,23). The average Bonchev–Trinajstić information content (AvgIpc) is 2.67. The van der Waals surface area contributed by atoms with Gasteiger partial charge in [0.05, 0.1) is 15.2 Å². The summed E-state index contributed by atoms with van der Waals surface area (Å²) in [5.41, 5.74) is -0.696. The van der Waals surface area contributed by atoms with Crippen LogP contribution in [0.15, 0.2) is 48.7 Å². The molecule has 0 bridgehead atoms.